The van der Waals surface area contributed by atoms with E-state index in [-0.39, 0.29) is 13.2 Å². The van der Waals surface area contributed by atoms with Crippen LogP contribution in [0.25, 0.3) is 0 Å². The van der Waals surface area contributed by atoms with Crippen LogP contribution in [-0.4, -0.2) is 47.1 Å². The Morgan fingerprint density at radius 3 is 3.09 bits per heavy atom. The number of aliphatic imine (C=N–C) groups is 1. The molecular weight excluding hydrogens is 166 g/mol. The van der Waals surface area contributed by atoms with E-state index in [4.69, 9.17) is 14.9 Å². The minimum absolute atomic E-state index is 0.127. The van der Waals surface area contributed by atoms with Gasteiger partial charge in [0.15, 0.2) is 0 Å². The molecule has 11 heavy (non-hydrogen) atoms. The van der Waals surface area contributed by atoms with Gasteiger partial charge in [0, 0.05) is 5.75 Å². The molecular formula is C6H11NO3S. The summed E-state index contributed by atoms with van der Waals surface area (Å²) in [5.41, 5.74) is 0. The first kappa shape index (κ1) is 8.83. The Labute approximate surface area is 69.3 Å². The number of ether oxygens (including phenoxy) is 1. The molecule has 0 aromatic rings. The molecule has 0 amide bonds. The first-order valence-electron chi connectivity index (χ1n) is 3.42. The number of hydrogen-bond acceptors (Lipinski definition) is 5. The zero-order valence-electron chi connectivity index (χ0n) is 6.06. The minimum atomic E-state index is -0.793. The second kappa shape index (κ2) is 4.58. The Morgan fingerprint density at radius 2 is 2.55 bits per heavy atom. The van der Waals surface area contributed by atoms with Crippen molar-refractivity contribution in [3.05, 3.63) is 0 Å². The molecule has 0 saturated heterocycles. The summed E-state index contributed by atoms with van der Waals surface area (Å²) in [5.74, 6) is 0.949. The van der Waals surface area contributed by atoms with Gasteiger partial charge in [-0.05, 0) is 0 Å². The number of aliphatic hydroxyl groups is 2. The van der Waals surface area contributed by atoms with Crippen LogP contribution in [0.2, 0.25) is 0 Å². The van der Waals surface area contributed by atoms with Gasteiger partial charge in [-0.1, -0.05) is 11.8 Å². The summed E-state index contributed by atoms with van der Waals surface area (Å²) >= 11 is 1.53. The van der Waals surface area contributed by atoms with Gasteiger partial charge in [-0.25, -0.2) is 4.99 Å². The van der Waals surface area contributed by atoms with E-state index < -0.39 is 6.10 Å². The lowest BCUT2D eigenvalue weighted by atomic mass is 10.4. The van der Waals surface area contributed by atoms with Crippen LogP contribution in [0.3, 0.4) is 0 Å². The molecule has 0 aliphatic carbocycles. The highest BCUT2D eigenvalue weighted by molar-refractivity contribution is 8.13. The zero-order chi connectivity index (χ0) is 8.10. The molecule has 1 aliphatic heterocycles. The van der Waals surface area contributed by atoms with Gasteiger partial charge in [-0.3, -0.25) is 0 Å². The highest BCUT2D eigenvalue weighted by Crippen LogP contribution is 2.12. The lowest BCUT2D eigenvalue weighted by molar-refractivity contribution is 0.0512. The molecule has 1 heterocycles. The summed E-state index contributed by atoms with van der Waals surface area (Å²) in [7, 11) is 0. The van der Waals surface area contributed by atoms with Crippen LogP contribution >= 0.6 is 11.8 Å². The molecule has 5 heteroatoms. The molecule has 2 N–H and O–H groups in total. The van der Waals surface area contributed by atoms with Crippen LogP contribution in [-0.2, 0) is 4.74 Å². The SMILES string of the molecule is OCC(O)COC1=NCCS1. The first-order chi connectivity index (χ1) is 5.33. The molecule has 64 valence electrons. The van der Waals surface area contributed by atoms with Gasteiger partial charge in [0.05, 0.1) is 13.2 Å². The summed E-state index contributed by atoms with van der Waals surface area (Å²) < 4.78 is 5.06. The van der Waals surface area contributed by atoms with E-state index >= 15 is 0 Å². The van der Waals surface area contributed by atoms with Crippen molar-refractivity contribution in [2.75, 3.05) is 25.5 Å². The summed E-state index contributed by atoms with van der Waals surface area (Å²) in [6, 6.07) is 0. The van der Waals surface area contributed by atoms with E-state index in [1.54, 1.807) is 0 Å². The average Bonchev–Trinajstić information content (AvgIpc) is 2.52. The third-order valence-electron chi connectivity index (χ3n) is 1.17. The summed E-state index contributed by atoms with van der Waals surface area (Å²) in [6.07, 6.45) is -0.793. The fraction of sp³-hybridized carbons (Fsp3) is 0.833. The van der Waals surface area contributed by atoms with Crippen molar-refractivity contribution < 1.29 is 14.9 Å². The van der Waals surface area contributed by atoms with Gasteiger partial charge < -0.3 is 14.9 Å². The molecule has 4 nitrogen and oxygen atoms in total. The largest absolute Gasteiger partial charge is 0.470 e. The predicted molar refractivity (Wildman–Crippen MR) is 43.8 cm³/mol. The van der Waals surface area contributed by atoms with Crippen molar-refractivity contribution in [2.24, 2.45) is 4.99 Å². The Kier molecular flexibility index (Phi) is 3.68. The lowest BCUT2D eigenvalue weighted by Gasteiger charge is -2.07. The average molecular weight is 177 g/mol. The number of thioether (sulfide) groups is 1. The van der Waals surface area contributed by atoms with Crippen molar-refractivity contribution in [3.63, 3.8) is 0 Å². The number of hydrogen-bond donors (Lipinski definition) is 2. The van der Waals surface area contributed by atoms with Crippen LogP contribution in [0.4, 0.5) is 0 Å². The Morgan fingerprint density at radius 1 is 1.73 bits per heavy atom. The molecule has 1 atom stereocenters. The molecule has 1 aliphatic rings. The standard InChI is InChI=1S/C6H11NO3S/c8-3-5(9)4-10-6-7-1-2-11-6/h5,8-9H,1-4H2. The zero-order valence-corrected chi connectivity index (χ0v) is 6.88. The van der Waals surface area contributed by atoms with E-state index in [0.29, 0.717) is 5.23 Å². The summed E-state index contributed by atoms with van der Waals surface area (Å²) in [5, 5.41) is 17.9. The summed E-state index contributed by atoms with van der Waals surface area (Å²) in [6.45, 7) is 0.648. The van der Waals surface area contributed by atoms with Crippen LogP contribution < -0.4 is 0 Å². The number of rotatable bonds is 3. The highest BCUT2D eigenvalue weighted by Gasteiger charge is 2.10. The fourth-order valence-electron chi connectivity index (χ4n) is 0.623. The molecule has 1 rings (SSSR count). The smallest absolute Gasteiger partial charge is 0.245 e. The van der Waals surface area contributed by atoms with Crippen LogP contribution in [0.1, 0.15) is 0 Å². The van der Waals surface area contributed by atoms with E-state index in [2.05, 4.69) is 4.99 Å². The van der Waals surface area contributed by atoms with E-state index in [1.165, 1.54) is 11.8 Å². The fourth-order valence-corrected chi connectivity index (χ4v) is 1.31. The van der Waals surface area contributed by atoms with Crippen LogP contribution in [0.15, 0.2) is 4.99 Å². The van der Waals surface area contributed by atoms with Crippen molar-refractivity contribution >= 4 is 17.0 Å². The number of aliphatic hydroxyl groups excluding tert-OH is 2. The second-order valence-electron chi connectivity index (χ2n) is 2.14. The van der Waals surface area contributed by atoms with Crippen molar-refractivity contribution in [1.82, 2.24) is 0 Å². The van der Waals surface area contributed by atoms with Gasteiger partial charge in [0.25, 0.3) is 0 Å². The lowest BCUT2D eigenvalue weighted by Crippen LogP contribution is -2.20. The molecule has 0 aromatic heterocycles. The maximum Gasteiger partial charge on any atom is 0.245 e. The highest BCUT2D eigenvalue weighted by atomic mass is 32.2. The minimum Gasteiger partial charge on any atom is -0.470 e. The molecule has 0 radical (unpaired) electrons. The Bertz CT molecular complexity index is 151. The van der Waals surface area contributed by atoms with E-state index in [1.807, 2.05) is 0 Å². The van der Waals surface area contributed by atoms with Gasteiger partial charge in [-0.2, -0.15) is 0 Å². The van der Waals surface area contributed by atoms with Crippen LogP contribution in [0, 0.1) is 0 Å². The third kappa shape index (κ3) is 3.09. The van der Waals surface area contributed by atoms with Gasteiger partial charge >= 0.3 is 0 Å². The number of nitrogens with zero attached hydrogens (tertiary/aromatic N) is 1. The van der Waals surface area contributed by atoms with Gasteiger partial charge in [-0.15, -0.1) is 0 Å². The molecule has 0 bridgehead atoms. The van der Waals surface area contributed by atoms with Gasteiger partial charge in [0.2, 0.25) is 5.23 Å². The molecule has 0 aromatic carbocycles. The Balaban J connectivity index is 2.11. The van der Waals surface area contributed by atoms with Crippen molar-refractivity contribution in [1.29, 1.82) is 0 Å². The summed E-state index contributed by atoms with van der Waals surface area (Å²) in [4.78, 5) is 4.01. The van der Waals surface area contributed by atoms with Crippen molar-refractivity contribution in [3.8, 4) is 0 Å². The molecule has 1 unspecified atom stereocenters. The monoisotopic (exact) mass is 177 g/mol. The topological polar surface area (TPSA) is 62.0 Å². The molecule has 0 spiro atoms. The third-order valence-corrected chi connectivity index (χ3v) is 2.05. The normalized spacial score (nSPS) is 19.6. The first-order valence-corrected chi connectivity index (χ1v) is 4.40. The van der Waals surface area contributed by atoms with Crippen molar-refractivity contribution in [2.45, 2.75) is 6.10 Å². The Hall–Kier alpha value is -0.260. The van der Waals surface area contributed by atoms with E-state index in [9.17, 15) is 0 Å². The second-order valence-corrected chi connectivity index (χ2v) is 3.19. The molecule has 0 saturated carbocycles. The quantitative estimate of drug-likeness (QED) is 0.607. The maximum absolute atomic E-state index is 8.88. The van der Waals surface area contributed by atoms with Gasteiger partial charge in [0.1, 0.15) is 12.7 Å². The molecule has 0 fully saturated rings. The predicted octanol–water partition coefficient (Wildman–Crippen LogP) is -0.541. The maximum atomic E-state index is 8.88. The van der Waals surface area contributed by atoms with Crippen LogP contribution in [0.5, 0.6) is 0 Å². The van der Waals surface area contributed by atoms with E-state index in [0.717, 1.165) is 12.3 Å².